The van der Waals surface area contributed by atoms with Gasteiger partial charge in [-0.1, -0.05) is 44.0 Å². The molecule has 3 heteroatoms. The van der Waals surface area contributed by atoms with Crippen LogP contribution in [0, 0.1) is 0 Å². The number of rotatable bonds is 3. The van der Waals surface area contributed by atoms with E-state index in [1.54, 1.807) is 7.11 Å². The highest BCUT2D eigenvalue weighted by Crippen LogP contribution is 2.17. The summed E-state index contributed by atoms with van der Waals surface area (Å²) in [5.41, 5.74) is 1.16. The molecule has 1 aromatic carbocycles. The van der Waals surface area contributed by atoms with Gasteiger partial charge in [-0.05, 0) is 23.8 Å². The summed E-state index contributed by atoms with van der Waals surface area (Å²) >= 11 is 6.79. The van der Waals surface area contributed by atoms with Crippen LogP contribution in [-0.4, -0.2) is 12.4 Å². The largest absolute Gasteiger partial charge is 0.497 e. The molecule has 70 valence electrons. The molecule has 0 fully saturated rings. The summed E-state index contributed by atoms with van der Waals surface area (Å²) in [4.78, 5) is 0. The maximum Gasteiger partial charge on any atom is 0.118 e. The normalized spacial score (nSPS) is 11.5. The van der Waals surface area contributed by atoms with Crippen molar-refractivity contribution in [3.8, 4) is 5.75 Å². The molecule has 0 unspecified atom stereocenters. The van der Waals surface area contributed by atoms with Crippen LogP contribution < -0.4 is 4.74 Å². The Kier molecular flexibility index (Phi) is 4.53. The van der Waals surface area contributed by atoms with Gasteiger partial charge in [-0.25, -0.2) is 0 Å². The molecule has 1 rings (SSSR count). The smallest absolute Gasteiger partial charge is 0.118 e. The van der Waals surface area contributed by atoms with Crippen molar-refractivity contribution in [2.24, 2.45) is 0 Å². The number of hydrogen-bond acceptors (Lipinski definition) is 1. The Balaban J connectivity index is 2.80. The van der Waals surface area contributed by atoms with Gasteiger partial charge in [0.1, 0.15) is 5.75 Å². The summed E-state index contributed by atoms with van der Waals surface area (Å²) in [6, 6.07) is 7.92. The Labute approximate surface area is 95.1 Å². The van der Waals surface area contributed by atoms with Crippen LogP contribution >= 0.6 is 31.9 Å². The van der Waals surface area contributed by atoms with Crippen molar-refractivity contribution in [1.82, 2.24) is 0 Å². The lowest BCUT2D eigenvalue weighted by molar-refractivity contribution is 0.415. The van der Waals surface area contributed by atoms with Crippen LogP contribution in [0.25, 0.3) is 6.08 Å². The van der Waals surface area contributed by atoms with E-state index in [-0.39, 0.29) is 0 Å². The summed E-state index contributed by atoms with van der Waals surface area (Å²) < 4.78 is 6.18. The number of alkyl halides is 1. The lowest BCUT2D eigenvalue weighted by Gasteiger charge is -1.99. The minimum absolute atomic E-state index is 0.832. The molecule has 0 atom stereocenters. The van der Waals surface area contributed by atoms with Gasteiger partial charge in [0.15, 0.2) is 0 Å². The number of hydrogen-bond donors (Lipinski definition) is 0. The van der Waals surface area contributed by atoms with Gasteiger partial charge in [-0.15, -0.1) is 0 Å². The summed E-state index contributed by atoms with van der Waals surface area (Å²) in [6.45, 7) is 0. The third kappa shape index (κ3) is 3.53. The highest BCUT2D eigenvalue weighted by Gasteiger charge is 1.92. The van der Waals surface area contributed by atoms with Gasteiger partial charge in [0.05, 0.1) is 7.11 Å². The standard InChI is InChI=1S/C10H10Br2O/c1-13-10-4-2-8(3-5-10)6-9(12)7-11/h2-6H,7H2,1H3/b9-6-. The number of benzene rings is 1. The Morgan fingerprint density at radius 1 is 1.38 bits per heavy atom. The van der Waals surface area contributed by atoms with Crippen molar-refractivity contribution in [1.29, 1.82) is 0 Å². The van der Waals surface area contributed by atoms with Gasteiger partial charge in [0, 0.05) is 9.81 Å². The van der Waals surface area contributed by atoms with E-state index in [1.165, 1.54) is 0 Å². The average molecular weight is 306 g/mol. The Morgan fingerprint density at radius 2 is 2.00 bits per heavy atom. The molecule has 0 amide bonds. The molecule has 0 bridgehead atoms. The number of allylic oxidation sites excluding steroid dienone is 1. The van der Waals surface area contributed by atoms with Crippen LogP contribution in [0.3, 0.4) is 0 Å². The molecule has 0 saturated carbocycles. The fourth-order valence-electron chi connectivity index (χ4n) is 0.920. The van der Waals surface area contributed by atoms with E-state index < -0.39 is 0 Å². The first kappa shape index (κ1) is 10.8. The SMILES string of the molecule is COc1ccc(/C=C(\Br)CBr)cc1. The van der Waals surface area contributed by atoms with Crippen molar-refractivity contribution in [3.05, 3.63) is 34.3 Å². The van der Waals surface area contributed by atoms with Crippen LogP contribution in [0.4, 0.5) is 0 Å². The van der Waals surface area contributed by atoms with E-state index in [0.717, 1.165) is 21.1 Å². The lowest BCUT2D eigenvalue weighted by Crippen LogP contribution is -1.81. The molecule has 0 aliphatic carbocycles. The third-order valence-corrected chi connectivity index (χ3v) is 3.43. The topological polar surface area (TPSA) is 9.23 Å². The highest BCUT2D eigenvalue weighted by atomic mass is 79.9. The Morgan fingerprint density at radius 3 is 2.46 bits per heavy atom. The van der Waals surface area contributed by atoms with Gasteiger partial charge in [0.25, 0.3) is 0 Å². The van der Waals surface area contributed by atoms with E-state index in [1.807, 2.05) is 24.3 Å². The van der Waals surface area contributed by atoms with Crippen LogP contribution in [-0.2, 0) is 0 Å². The minimum Gasteiger partial charge on any atom is -0.497 e. The summed E-state index contributed by atoms with van der Waals surface area (Å²) in [7, 11) is 1.67. The Bertz CT molecular complexity index is 290. The summed E-state index contributed by atoms with van der Waals surface area (Å²) in [5.74, 6) is 0.882. The number of ether oxygens (including phenoxy) is 1. The second kappa shape index (κ2) is 5.45. The molecule has 0 aliphatic rings. The number of halogens is 2. The molecule has 0 heterocycles. The molecule has 13 heavy (non-hydrogen) atoms. The lowest BCUT2D eigenvalue weighted by atomic mass is 10.2. The monoisotopic (exact) mass is 304 g/mol. The van der Waals surface area contributed by atoms with Crippen molar-refractivity contribution in [2.75, 3.05) is 12.4 Å². The molecule has 0 spiro atoms. The third-order valence-electron chi connectivity index (χ3n) is 1.57. The van der Waals surface area contributed by atoms with Gasteiger partial charge in [-0.3, -0.25) is 0 Å². The fraction of sp³-hybridized carbons (Fsp3) is 0.200. The quantitative estimate of drug-likeness (QED) is 0.771. The van der Waals surface area contributed by atoms with Crippen molar-refractivity contribution in [2.45, 2.75) is 0 Å². The van der Waals surface area contributed by atoms with Crippen LogP contribution in [0.2, 0.25) is 0 Å². The van der Waals surface area contributed by atoms with E-state index in [4.69, 9.17) is 4.74 Å². The Hall–Kier alpha value is -0.280. The van der Waals surface area contributed by atoms with E-state index in [2.05, 4.69) is 37.9 Å². The fourth-order valence-corrected chi connectivity index (χ4v) is 1.35. The number of methoxy groups -OCH3 is 1. The second-order valence-electron chi connectivity index (χ2n) is 2.50. The molecular weight excluding hydrogens is 296 g/mol. The molecule has 0 radical (unpaired) electrons. The first-order valence-corrected chi connectivity index (χ1v) is 5.74. The van der Waals surface area contributed by atoms with E-state index >= 15 is 0 Å². The summed E-state index contributed by atoms with van der Waals surface area (Å²) in [5, 5.41) is 0.832. The highest BCUT2D eigenvalue weighted by molar-refractivity contribution is 9.13. The maximum atomic E-state index is 5.06. The maximum absolute atomic E-state index is 5.06. The van der Waals surface area contributed by atoms with E-state index in [0.29, 0.717) is 0 Å². The molecule has 1 aromatic rings. The van der Waals surface area contributed by atoms with Crippen molar-refractivity contribution >= 4 is 37.9 Å². The zero-order valence-corrected chi connectivity index (χ0v) is 10.4. The van der Waals surface area contributed by atoms with Gasteiger partial charge in [-0.2, -0.15) is 0 Å². The summed E-state index contributed by atoms with van der Waals surface area (Å²) in [6.07, 6.45) is 2.06. The molecule has 0 saturated heterocycles. The second-order valence-corrected chi connectivity index (χ2v) is 4.08. The zero-order valence-electron chi connectivity index (χ0n) is 7.26. The molecule has 0 aromatic heterocycles. The molecule has 0 aliphatic heterocycles. The van der Waals surface area contributed by atoms with Gasteiger partial charge in [0.2, 0.25) is 0 Å². The van der Waals surface area contributed by atoms with Crippen molar-refractivity contribution < 1.29 is 4.74 Å². The van der Waals surface area contributed by atoms with Gasteiger partial charge >= 0.3 is 0 Å². The molecule has 1 nitrogen and oxygen atoms in total. The zero-order chi connectivity index (χ0) is 9.68. The predicted octanol–water partition coefficient (Wildman–Crippen LogP) is 3.83. The average Bonchev–Trinajstić information content (AvgIpc) is 2.19. The molecular formula is C10H10Br2O. The predicted molar refractivity (Wildman–Crippen MR) is 63.7 cm³/mol. The van der Waals surface area contributed by atoms with Crippen LogP contribution in [0.1, 0.15) is 5.56 Å². The first-order valence-electron chi connectivity index (χ1n) is 3.82. The minimum atomic E-state index is 0.832. The van der Waals surface area contributed by atoms with Gasteiger partial charge < -0.3 is 4.74 Å². The van der Waals surface area contributed by atoms with E-state index in [9.17, 15) is 0 Å². The van der Waals surface area contributed by atoms with Crippen LogP contribution in [0.5, 0.6) is 5.75 Å². The molecule has 0 N–H and O–H groups in total. The first-order chi connectivity index (χ1) is 6.26. The van der Waals surface area contributed by atoms with Crippen LogP contribution in [0.15, 0.2) is 28.7 Å². The van der Waals surface area contributed by atoms with Crippen molar-refractivity contribution in [3.63, 3.8) is 0 Å².